The third kappa shape index (κ3) is 3.91. The molecule has 0 unspecified atom stereocenters. The van der Waals surface area contributed by atoms with Gasteiger partial charge in [-0.25, -0.2) is 4.98 Å². The summed E-state index contributed by atoms with van der Waals surface area (Å²) in [5.74, 6) is -0.108. The van der Waals surface area contributed by atoms with E-state index in [1.807, 2.05) is 37.4 Å². The van der Waals surface area contributed by atoms with E-state index in [0.29, 0.717) is 10.7 Å². The summed E-state index contributed by atoms with van der Waals surface area (Å²) in [5, 5.41) is 3.54. The third-order valence-electron chi connectivity index (χ3n) is 3.68. The number of thiazole rings is 1. The van der Waals surface area contributed by atoms with Gasteiger partial charge in [-0.1, -0.05) is 29.0 Å². The molecule has 116 valence electrons. The second-order valence-electron chi connectivity index (χ2n) is 5.49. The van der Waals surface area contributed by atoms with Gasteiger partial charge < -0.3 is 9.64 Å². The predicted octanol–water partition coefficient (Wildman–Crippen LogP) is 1.12. The topological polar surface area (TPSA) is 55.7 Å². The van der Waals surface area contributed by atoms with Gasteiger partial charge in [-0.2, -0.15) is 0 Å². The van der Waals surface area contributed by atoms with Crippen molar-refractivity contribution in [3.8, 4) is 0 Å². The van der Waals surface area contributed by atoms with Crippen molar-refractivity contribution in [2.75, 3.05) is 31.6 Å². The molecule has 22 heavy (non-hydrogen) atoms. The fourth-order valence-electron chi connectivity index (χ4n) is 2.49. The molecular formula is C16H20N3O2S+. The zero-order valence-corrected chi connectivity index (χ0v) is 13.4. The molecule has 0 bridgehead atoms. The molecule has 0 atom stereocenters. The maximum Gasteiger partial charge on any atom is 0.257 e. The first-order valence-corrected chi connectivity index (χ1v) is 8.26. The summed E-state index contributed by atoms with van der Waals surface area (Å²) in [6.07, 6.45) is 1.86. The van der Waals surface area contributed by atoms with Gasteiger partial charge >= 0.3 is 0 Å². The Morgan fingerprint density at radius 3 is 3.00 bits per heavy atom. The molecule has 0 saturated carbocycles. The summed E-state index contributed by atoms with van der Waals surface area (Å²) in [6.45, 7) is 6.63. The molecule has 2 N–H and O–H groups in total. The van der Waals surface area contributed by atoms with Gasteiger partial charge in [-0.15, -0.1) is 0 Å². The Hall–Kier alpha value is -1.76. The minimum atomic E-state index is -0.108. The quantitative estimate of drug-likeness (QED) is 0.888. The number of aryl methyl sites for hydroxylation is 1. The average Bonchev–Trinajstić information content (AvgIpc) is 2.95. The van der Waals surface area contributed by atoms with E-state index in [9.17, 15) is 4.79 Å². The number of aromatic nitrogens is 1. The Balaban J connectivity index is 1.60. The molecule has 1 saturated heterocycles. The number of hydrogen-bond donors (Lipinski definition) is 2. The first kappa shape index (κ1) is 15.1. The summed E-state index contributed by atoms with van der Waals surface area (Å²) in [5.41, 5.74) is 1.74. The molecule has 1 fully saturated rings. The van der Waals surface area contributed by atoms with Crippen molar-refractivity contribution >= 4 is 22.4 Å². The second-order valence-corrected chi connectivity index (χ2v) is 6.61. The number of ether oxygens (including phenoxy) is 1. The molecular weight excluding hydrogens is 298 g/mol. The fraction of sp³-hybridized carbons (Fsp3) is 0.375. The average molecular weight is 318 g/mol. The van der Waals surface area contributed by atoms with Crippen LogP contribution in [0.2, 0.25) is 0 Å². The van der Waals surface area contributed by atoms with Crippen LogP contribution in [-0.2, 0) is 11.3 Å². The van der Waals surface area contributed by atoms with Crippen molar-refractivity contribution in [2.45, 2.75) is 13.5 Å². The van der Waals surface area contributed by atoms with E-state index in [4.69, 9.17) is 4.74 Å². The number of nitrogens with zero attached hydrogens (tertiary/aromatic N) is 1. The van der Waals surface area contributed by atoms with Crippen LogP contribution in [0.4, 0.5) is 5.13 Å². The molecule has 1 aliphatic rings. The molecule has 2 aromatic rings. The number of nitrogens with one attached hydrogen (secondary N) is 2. The van der Waals surface area contributed by atoms with Gasteiger partial charge in [-0.3, -0.25) is 10.1 Å². The minimum Gasteiger partial charge on any atom is -0.370 e. The van der Waals surface area contributed by atoms with E-state index in [2.05, 4.69) is 10.3 Å². The van der Waals surface area contributed by atoms with Crippen molar-refractivity contribution in [1.29, 1.82) is 0 Å². The zero-order valence-electron chi connectivity index (χ0n) is 12.6. The van der Waals surface area contributed by atoms with E-state index in [-0.39, 0.29) is 5.91 Å². The van der Waals surface area contributed by atoms with E-state index >= 15 is 0 Å². The van der Waals surface area contributed by atoms with E-state index in [1.54, 1.807) is 11.3 Å². The lowest BCUT2D eigenvalue weighted by molar-refractivity contribution is -0.921. The minimum absolute atomic E-state index is 0.108. The number of rotatable bonds is 4. The third-order valence-corrected chi connectivity index (χ3v) is 4.59. The first-order chi connectivity index (χ1) is 10.7. The first-order valence-electron chi connectivity index (χ1n) is 7.45. The number of morpholine rings is 1. The van der Waals surface area contributed by atoms with Gasteiger partial charge in [0.2, 0.25) is 0 Å². The van der Waals surface area contributed by atoms with Crippen LogP contribution in [0, 0.1) is 6.92 Å². The molecule has 1 aliphatic heterocycles. The van der Waals surface area contributed by atoms with Gasteiger partial charge in [0.05, 0.1) is 18.1 Å². The Labute approximate surface area is 133 Å². The van der Waals surface area contributed by atoms with Gasteiger partial charge in [0.1, 0.15) is 19.6 Å². The molecule has 1 amide bonds. The zero-order chi connectivity index (χ0) is 15.4. The van der Waals surface area contributed by atoms with Gasteiger partial charge in [-0.05, 0) is 19.1 Å². The van der Waals surface area contributed by atoms with Crippen LogP contribution in [-0.4, -0.2) is 37.2 Å². The largest absolute Gasteiger partial charge is 0.370 e. The summed E-state index contributed by atoms with van der Waals surface area (Å²) >= 11 is 1.55. The van der Waals surface area contributed by atoms with Crippen LogP contribution < -0.4 is 10.2 Å². The summed E-state index contributed by atoms with van der Waals surface area (Å²) in [7, 11) is 0. The molecule has 0 spiro atoms. The standard InChI is InChI=1S/C16H19N3O2S/c1-12-3-2-4-13(9-12)15(20)18-16-17-10-14(22-16)11-19-5-7-21-8-6-19/h2-4,9-10H,5-8,11H2,1H3,(H,17,18,20)/p+1. The van der Waals surface area contributed by atoms with Crippen LogP contribution in [0.3, 0.4) is 0 Å². The van der Waals surface area contributed by atoms with E-state index in [1.165, 1.54) is 9.78 Å². The maximum absolute atomic E-state index is 12.2. The number of benzene rings is 1. The Morgan fingerprint density at radius 1 is 1.41 bits per heavy atom. The van der Waals surface area contributed by atoms with Crippen LogP contribution in [0.1, 0.15) is 20.8 Å². The molecule has 6 heteroatoms. The molecule has 5 nitrogen and oxygen atoms in total. The summed E-state index contributed by atoms with van der Waals surface area (Å²) < 4.78 is 5.36. The number of carbonyl (C=O) groups excluding carboxylic acids is 1. The van der Waals surface area contributed by atoms with Crippen LogP contribution >= 0.6 is 11.3 Å². The smallest absolute Gasteiger partial charge is 0.257 e. The van der Waals surface area contributed by atoms with Crippen molar-refractivity contribution in [2.24, 2.45) is 0 Å². The molecule has 0 aliphatic carbocycles. The van der Waals surface area contributed by atoms with Gasteiger partial charge in [0, 0.05) is 11.8 Å². The monoisotopic (exact) mass is 318 g/mol. The lowest BCUT2D eigenvalue weighted by atomic mass is 10.1. The SMILES string of the molecule is Cc1cccc(C(=O)Nc2ncc(C[NH+]3CCOCC3)s2)c1. The summed E-state index contributed by atoms with van der Waals surface area (Å²) in [4.78, 5) is 19.2. The Kier molecular flexibility index (Phi) is 4.82. The molecule has 1 aromatic carbocycles. The molecule has 3 rings (SSSR count). The molecule has 1 aromatic heterocycles. The van der Waals surface area contributed by atoms with Gasteiger partial charge in [0.15, 0.2) is 5.13 Å². The lowest BCUT2D eigenvalue weighted by Crippen LogP contribution is -3.12. The number of carbonyl (C=O) groups is 1. The maximum atomic E-state index is 12.2. The van der Waals surface area contributed by atoms with Crippen LogP contribution in [0.5, 0.6) is 0 Å². The van der Waals surface area contributed by atoms with Crippen molar-refractivity contribution < 1.29 is 14.4 Å². The Bertz CT molecular complexity index is 650. The Morgan fingerprint density at radius 2 is 2.23 bits per heavy atom. The highest BCUT2D eigenvalue weighted by Crippen LogP contribution is 2.18. The van der Waals surface area contributed by atoms with E-state index < -0.39 is 0 Å². The number of anilines is 1. The predicted molar refractivity (Wildman–Crippen MR) is 86.5 cm³/mol. The highest BCUT2D eigenvalue weighted by Gasteiger charge is 2.16. The second kappa shape index (κ2) is 7.00. The number of hydrogen-bond acceptors (Lipinski definition) is 4. The van der Waals surface area contributed by atoms with Crippen LogP contribution in [0.25, 0.3) is 0 Å². The fourth-order valence-corrected chi connectivity index (χ4v) is 3.37. The van der Waals surface area contributed by atoms with Crippen molar-refractivity contribution in [3.63, 3.8) is 0 Å². The molecule has 2 heterocycles. The number of quaternary nitrogens is 1. The van der Waals surface area contributed by atoms with Crippen molar-refractivity contribution in [3.05, 3.63) is 46.5 Å². The normalized spacial score (nSPS) is 15.7. The van der Waals surface area contributed by atoms with Crippen LogP contribution in [0.15, 0.2) is 30.5 Å². The summed E-state index contributed by atoms with van der Waals surface area (Å²) in [6, 6.07) is 7.55. The van der Waals surface area contributed by atoms with Gasteiger partial charge in [0.25, 0.3) is 5.91 Å². The molecule has 0 radical (unpaired) electrons. The highest BCUT2D eigenvalue weighted by molar-refractivity contribution is 7.15. The lowest BCUT2D eigenvalue weighted by Gasteiger charge is -2.22. The number of amides is 1. The highest BCUT2D eigenvalue weighted by atomic mass is 32.1. The van der Waals surface area contributed by atoms with E-state index in [0.717, 1.165) is 38.4 Å². The van der Waals surface area contributed by atoms with Crippen molar-refractivity contribution in [1.82, 2.24) is 4.98 Å².